The molecule has 0 aromatic heterocycles. The van der Waals surface area contributed by atoms with Gasteiger partial charge >= 0.3 is 5.97 Å². The lowest BCUT2D eigenvalue weighted by Gasteiger charge is -2.45. The first-order valence-corrected chi connectivity index (χ1v) is 7.13. The Kier molecular flexibility index (Phi) is 4.63. The first-order chi connectivity index (χ1) is 10.1. The molecule has 2 atom stereocenters. The van der Waals surface area contributed by atoms with E-state index in [1.54, 1.807) is 0 Å². The topological polar surface area (TPSA) is 40.5 Å². The Labute approximate surface area is 125 Å². The fourth-order valence-corrected chi connectivity index (χ4v) is 2.89. The van der Waals surface area contributed by atoms with E-state index in [0.717, 1.165) is 12.1 Å². The SMILES string of the molecule is C=C[C@@]1(N(c2ccccc2)C(C)CC(=O)O)C=CC=CC1. The van der Waals surface area contributed by atoms with Crippen molar-refractivity contribution in [3.05, 3.63) is 67.3 Å². The van der Waals surface area contributed by atoms with E-state index in [4.69, 9.17) is 5.11 Å². The summed E-state index contributed by atoms with van der Waals surface area (Å²) >= 11 is 0. The van der Waals surface area contributed by atoms with Gasteiger partial charge in [0.25, 0.3) is 0 Å². The molecule has 0 heterocycles. The Balaban J connectivity index is 2.44. The van der Waals surface area contributed by atoms with E-state index < -0.39 is 5.97 Å². The predicted octanol–water partition coefficient (Wildman–Crippen LogP) is 3.80. The summed E-state index contributed by atoms with van der Waals surface area (Å²) in [6.07, 6.45) is 10.9. The lowest BCUT2D eigenvalue weighted by molar-refractivity contribution is -0.137. The maximum atomic E-state index is 11.1. The number of hydrogen-bond donors (Lipinski definition) is 1. The standard InChI is InChI=1S/C18H21NO2/c1-3-18(12-8-5-9-13-18)19(15(2)14-17(20)21)16-10-6-4-7-11-16/h3-12,15H,1,13-14H2,2H3,(H,20,21)/t15?,18-/m1/s1. The van der Waals surface area contributed by atoms with Crippen LogP contribution in [0.1, 0.15) is 19.8 Å². The van der Waals surface area contributed by atoms with Crippen molar-refractivity contribution in [3.8, 4) is 0 Å². The van der Waals surface area contributed by atoms with Crippen molar-refractivity contribution in [1.82, 2.24) is 0 Å². The second-order valence-electron chi connectivity index (χ2n) is 5.34. The molecule has 0 fully saturated rings. The van der Waals surface area contributed by atoms with Crippen LogP contribution in [0.2, 0.25) is 0 Å². The van der Waals surface area contributed by atoms with E-state index in [1.807, 2.05) is 55.5 Å². The normalized spacial score (nSPS) is 21.8. The molecule has 21 heavy (non-hydrogen) atoms. The van der Waals surface area contributed by atoms with Gasteiger partial charge in [0.15, 0.2) is 0 Å². The number of para-hydroxylation sites is 1. The Morgan fingerprint density at radius 2 is 2.14 bits per heavy atom. The highest BCUT2D eigenvalue weighted by Gasteiger charge is 2.35. The number of benzene rings is 1. The fourth-order valence-electron chi connectivity index (χ4n) is 2.89. The molecular formula is C18H21NO2. The molecule has 0 saturated heterocycles. The van der Waals surface area contributed by atoms with E-state index in [2.05, 4.69) is 23.6 Å². The summed E-state index contributed by atoms with van der Waals surface area (Å²) in [7, 11) is 0. The number of aliphatic carboxylic acids is 1. The molecule has 0 saturated carbocycles. The van der Waals surface area contributed by atoms with Gasteiger partial charge in [-0.15, -0.1) is 6.58 Å². The molecule has 3 heteroatoms. The van der Waals surface area contributed by atoms with Gasteiger partial charge in [0.05, 0.1) is 12.0 Å². The van der Waals surface area contributed by atoms with Crippen LogP contribution in [0.25, 0.3) is 0 Å². The summed E-state index contributed by atoms with van der Waals surface area (Å²) < 4.78 is 0. The van der Waals surface area contributed by atoms with Crippen LogP contribution >= 0.6 is 0 Å². The first-order valence-electron chi connectivity index (χ1n) is 7.13. The highest BCUT2D eigenvalue weighted by atomic mass is 16.4. The van der Waals surface area contributed by atoms with Crippen molar-refractivity contribution in [3.63, 3.8) is 0 Å². The highest BCUT2D eigenvalue weighted by Crippen LogP contribution is 2.34. The van der Waals surface area contributed by atoms with Gasteiger partial charge < -0.3 is 10.0 Å². The van der Waals surface area contributed by atoms with Crippen molar-refractivity contribution in [2.24, 2.45) is 0 Å². The molecule has 1 aromatic rings. The van der Waals surface area contributed by atoms with Gasteiger partial charge in [-0.3, -0.25) is 4.79 Å². The Hall–Kier alpha value is -2.29. The number of hydrogen-bond acceptors (Lipinski definition) is 2. The minimum absolute atomic E-state index is 0.0854. The van der Waals surface area contributed by atoms with E-state index in [-0.39, 0.29) is 18.0 Å². The van der Waals surface area contributed by atoms with E-state index in [1.165, 1.54) is 0 Å². The Morgan fingerprint density at radius 1 is 1.43 bits per heavy atom. The van der Waals surface area contributed by atoms with Crippen LogP contribution in [0.4, 0.5) is 5.69 Å². The van der Waals surface area contributed by atoms with Crippen LogP contribution in [0.3, 0.4) is 0 Å². The zero-order valence-corrected chi connectivity index (χ0v) is 12.3. The zero-order chi connectivity index (χ0) is 15.3. The smallest absolute Gasteiger partial charge is 0.305 e. The minimum atomic E-state index is -0.794. The summed E-state index contributed by atoms with van der Waals surface area (Å²) in [5, 5.41) is 9.15. The summed E-state index contributed by atoms with van der Waals surface area (Å²) in [5.41, 5.74) is 0.622. The second-order valence-corrected chi connectivity index (χ2v) is 5.34. The molecule has 2 rings (SSSR count). The molecule has 3 nitrogen and oxygen atoms in total. The predicted molar refractivity (Wildman–Crippen MR) is 86.5 cm³/mol. The number of carboxylic acid groups (broad SMARTS) is 1. The maximum absolute atomic E-state index is 11.1. The molecule has 0 bridgehead atoms. The monoisotopic (exact) mass is 283 g/mol. The summed E-state index contributed by atoms with van der Waals surface area (Å²) in [6, 6.07) is 9.77. The Bertz CT molecular complexity index is 562. The third-order valence-corrected chi connectivity index (χ3v) is 3.82. The molecule has 1 unspecified atom stereocenters. The number of carboxylic acids is 1. The van der Waals surface area contributed by atoms with Gasteiger partial charge in [-0.25, -0.2) is 0 Å². The van der Waals surface area contributed by atoms with Crippen molar-refractivity contribution >= 4 is 11.7 Å². The summed E-state index contributed by atoms with van der Waals surface area (Å²) in [4.78, 5) is 13.3. The maximum Gasteiger partial charge on any atom is 0.305 e. The third kappa shape index (κ3) is 3.24. The van der Waals surface area contributed by atoms with E-state index in [0.29, 0.717) is 0 Å². The van der Waals surface area contributed by atoms with Crippen LogP contribution in [-0.4, -0.2) is 22.7 Å². The molecular weight excluding hydrogens is 262 g/mol. The lowest BCUT2D eigenvalue weighted by atomic mass is 9.87. The molecule has 1 aliphatic rings. The van der Waals surface area contributed by atoms with Gasteiger partial charge in [-0.05, 0) is 25.5 Å². The van der Waals surface area contributed by atoms with Crippen molar-refractivity contribution in [2.45, 2.75) is 31.3 Å². The molecule has 110 valence electrons. The lowest BCUT2D eigenvalue weighted by Crippen LogP contribution is -2.51. The Morgan fingerprint density at radius 3 is 2.67 bits per heavy atom. The number of rotatable bonds is 6. The summed E-state index contributed by atoms with van der Waals surface area (Å²) in [6.45, 7) is 5.93. The molecule has 1 N–H and O–H groups in total. The molecule has 1 aromatic carbocycles. The first kappa shape index (κ1) is 15.1. The van der Waals surface area contributed by atoms with Crippen molar-refractivity contribution in [1.29, 1.82) is 0 Å². The number of allylic oxidation sites excluding steroid dienone is 2. The van der Waals surface area contributed by atoms with Crippen LogP contribution in [0.5, 0.6) is 0 Å². The fraction of sp³-hybridized carbons (Fsp3) is 0.278. The van der Waals surface area contributed by atoms with Crippen LogP contribution in [0, 0.1) is 0 Å². The van der Waals surface area contributed by atoms with E-state index >= 15 is 0 Å². The molecule has 0 amide bonds. The van der Waals surface area contributed by atoms with Crippen molar-refractivity contribution in [2.75, 3.05) is 4.90 Å². The van der Waals surface area contributed by atoms with Gasteiger partial charge in [-0.2, -0.15) is 0 Å². The van der Waals surface area contributed by atoms with Crippen LogP contribution < -0.4 is 4.90 Å². The van der Waals surface area contributed by atoms with Gasteiger partial charge in [0.2, 0.25) is 0 Å². The molecule has 0 spiro atoms. The highest BCUT2D eigenvalue weighted by molar-refractivity contribution is 5.69. The minimum Gasteiger partial charge on any atom is -0.481 e. The third-order valence-electron chi connectivity index (χ3n) is 3.82. The average molecular weight is 283 g/mol. The molecule has 0 radical (unpaired) electrons. The largest absolute Gasteiger partial charge is 0.481 e. The average Bonchev–Trinajstić information content (AvgIpc) is 2.48. The quantitative estimate of drug-likeness (QED) is 0.807. The van der Waals surface area contributed by atoms with Crippen LogP contribution in [-0.2, 0) is 4.79 Å². The van der Waals surface area contributed by atoms with E-state index in [9.17, 15) is 4.79 Å². The molecule has 0 aliphatic heterocycles. The van der Waals surface area contributed by atoms with Gasteiger partial charge in [0.1, 0.15) is 0 Å². The second kappa shape index (κ2) is 6.44. The van der Waals surface area contributed by atoms with Crippen molar-refractivity contribution < 1.29 is 9.90 Å². The number of nitrogens with zero attached hydrogens (tertiary/aromatic N) is 1. The van der Waals surface area contributed by atoms with Gasteiger partial charge in [0, 0.05) is 11.7 Å². The number of anilines is 1. The molecule has 1 aliphatic carbocycles. The van der Waals surface area contributed by atoms with Gasteiger partial charge in [-0.1, -0.05) is 48.6 Å². The zero-order valence-electron chi connectivity index (χ0n) is 12.3. The number of carbonyl (C=O) groups is 1. The van der Waals surface area contributed by atoms with Crippen LogP contribution in [0.15, 0.2) is 67.3 Å². The summed E-state index contributed by atoms with van der Waals surface area (Å²) in [5.74, 6) is -0.794.